The molecule has 0 saturated carbocycles. The van der Waals surface area contributed by atoms with Crippen molar-refractivity contribution >= 4 is 5.78 Å². The second-order valence-corrected chi connectivity index (χ2v) is 3.29. The van der Waals surface area contributed by atoms with Gasteiger partial charge in [0.2, 0.25) is 0 Å². The first kappa shape index (κ1) is 8.25. The lowest BCUT2D eigenvalue weighted by Crippen LogP contribution is -2.07. The summed E-state index contributed by atoms with van der Waals surface area (Å²) >= 11 is 0. The molecule has 1 heteroatoms. The average Bonchev–Trinajstić information content (AvgIpc) is 1.94. The minimum Gasteiger partial charge on any atom is -0.294 e. The van der Waals surface area contributed by atoms with Crippen molar-refractivity contribution in [2.45, 2.75) is 33.6 Å². The molecule has 0 aliphatic heterocycles. The van der Waals surface area contributed by atoms with Crippen LogP contribution in [0.3, 0.4) is 0 Å². The van der Waals surface area contributed by atoms with Crippen molar-refractivity contribution in [2.24, 2.45) is 0 Å². The normalized spacial score (nSPS) is 18.3. The third kappa shape index (κ3) is 1.79. The molecule has 1 nitrogen and oxygen atoms in total. The zero-order chi connectivity index (χ0) is 8.43. The molecule has 60 valence electrons. The molecule has 0 unspecified atom stereocenters. The van der Waals surface area contributed by atoms with E-state index >= 15 is 0 Å². The Kier molecular flexibility index (Phi) is 2.28. The highest BCUT2D eigenvalue weighted by atomic mass is 16.1. The molecule has 1 rings (SSSR count). The molecule has 0 heterocycles. The van der Waals surface area contributed by atoms with Crippen LogP contribution in [-0.4, -0.2) is 5.78 Å². The lowest BCUT2D eigenvalue weighted by atomic mass is 9.92. The molecule has 0 aromatic rings. The highest BCUT2D eigenvalue weighted by molar-refractivity contribution is 5.97. The van der Waals surface area contributed by atoms with Crippen molar-refractivity contribution in [3.05, 3.63) is 22.8 Å². The lowest BCUT2D eigenvalue weighted by Gasteiger charge is -2.12. The number of carbonyl (C=O) groups is 1. The van der Waals surface area contributed by atoms with E-state index in [0.717, 1.165) is 12.0 Å². The molecule has 0 saturated heterocycles. The first-order chi connectivity index (χ1) is 5.11. The van der Waals surface area contributed by atoms with Gasteiger partial charge in [0, 0.05) is 6.42 Å². The van der Waals surface area contributed by atoms with Gasteiger partial charge in [0.15, 0.2) is 5.78 Å². The molecular formula is C10H14O. The van der Waals surface area contributed by atoms with Gasteiger partial charge in [-0.25, -0.2) is 0 Å². The summed E-state index contributed by atoms with van der Waals surface area (Å²) in [5.41, 5.74) is 3.51. The van der Waals surface area contributed by atoms with Crippen molar-refractivity contribution in [3.8, 4) is 0 Å². The maximum atomic E-state index is 11.2. The summed E-state index contributed by atoms with van der Waals surface area (Å²) in [6.45, 7) is 6.03. The Labute approximate surface area is 67.8 Å². The molecule has 0 aromatic carbocycles. The first-order valence-electron chi connectivity index (χ1n) is 3.96. The van der Waals surface area contributed by atoms with Crippen LogP contribution in [0.15, 0.2) is 22.8 Å². The predicted octanol–water partition coefficient (Wildman–Crippen LogP) is 2.63. The van der Waals surface area contributed by atoms with Gasteiger partial charge in [-0.3, -0.25) is 4.79 Å². The van der Waals surface area contributed by atoms with Gasteiger partial charge < -0.3 is 0 Å². The topological polar surface area (TPSA) is 17.1 Å². The number of carbonyl (C=O) groups excluding carboxylic acids is 1. The van der Waals surface area contributed by atoms with E-state index in [1.165, 1.54) is 11.1 Å². The van der Waals surface area contributed by atoms with E-state index in [4.69, 9.17) is 0 Å². The van der Waals surface area contributed by atoms with Gasteiger partial charge in [0.05, 0.1) is 0 Å². The summed E-state index contributed by atoms with van der Waals surface area (Å²) in [6, 6.07) is 0. The number of hydrogen-bond acceptors (Lipinski definition) is 1. The number of allylic oxidation sites excluding steroid dienone is 4. The number of hydrogen-bond donors (Lipinski definition) is 0. The smallest absolute Gasteiger partial charge is 0.162 e. The summed E-state index contributed by atoms with van der Waals surface area (Å²) in [6.07, 6.45) is 3.64. The summed E-state index contributed by atoms with van der Waals surface area (Å²) in [4.78, 5) is 11.2. The van der Waals surface area contributed by atoms with Crippen LogP contribution in [0.1, 0.15) is 33.6 Å². The van der Waals surface area contributed by atoms with Crippen LogP contribution in [-0.2, 0) is 4.79 Å². The van der Waals surface area contributed by atoms with E-state index in [9.17, 15) is 4.79 Å². The van der Waals surface area contributed by atoms with E-state index in [2.05, 4.69) is 13.8 Å². The second-order valence-electron chi connectivity index (χ2n) is 3.29. The van der Waals surface area contributed by atoms with Crippen LogP contribution in [0.5, 0.6) is 0 Å². The molecule has 11 heavy (non-hydrogen) atoms. The van der Waals surface area contributed by atoms with E-state index < -0.39 is 0 Å². The fraction of sp³-hybridized carbons (Fsp3) is 0.500. The molecule has 0 N–H and O–H groups in total. The summed E-state index contributed by atoms with van der Waals surface area (Å²) in [5, 5.41) is 0. The second kappa shape index (κ2) is 3.04. The molecule has 0 fully saturated rings. The molecule has 0 spiro atoms. The van der Waals surface area contributed by atoms with Gasteiger partial charge in [-0.15, -0.1) is 0 Å². The van der Waals surface area contributed by atoms with Gasteiger partial charge in [0.25, 0.3) is 0 Å². The van der Waals surface area contributed by atoms with Crippen LogP contribution in [0.4, 0.5) is 0 Å². The highest BCUT2D eigenvalue weighted by Gasteiger charge is 2.13. The van der Waals surface area contributed by atoms with Crippen LogP contribution in [0.25, 0.3) is 0 Å². The van der Waals surface area contributed by atoms with Crippen LogP contribution in [0.2, 0.25) is 0 Å². The Bertz CT molecular complexity index is 240. The van der Waals surface area contributed by atoms with Gasteiger partial charge in [-0.1, -0.05) is 17.2 Å². The van der Waals surface area contributed by atoms with Crippen LogP contribution < -0.4 is 0 Å². The van der Waals surface area contributed by atoms with Gasteiger partial charge >= 0.3 is 0 Å². The van der Waals surface area contributed by atoms with Gasteiger partial charge in [0.1, 0.15) is 0 Å². The zero-order valence-corrected chi connectivity index (χ0v) is 7.40. The molecule has 0 bridgehead atoms. The minimum absolute atomic E-state index is 0.285. The van der Waals surface area contributed by atoms with E-state index in [0.29, 0.717) is 6.42 Å². The van der Waals surface area contributed by atoms with Crippen molar-refractivity contribution in [1.82, 2.24) is 0 Å². The Morgan fingerprint density at radius 3 is 2.55 bits per heavy atom. The maximum Gasteiger partial charge on any atom is 0.162 e. The Balaban J connectivity index is 2.87. The molecule has 1 aliphatic carbocycles. The molecule has 1 aliphatic rings. The Morgan fingerprint density at radius 2 is 2.09 bits per heavy atom. The Morgan fingerprint density at radius 1 is 1.45 bits per heavy atom. The SMILES string of the molecule is CC1=CCC(=C(C)C)CC1=O. The Hall–Kier alpha value is -0.850. The number of ketones is 1. The monoisotopic (exact) mass is 150 g/mol. The minimum atomic E-state index is 0.285. The molecule has 0 aromatic heterocycles. The molecule has 0 radical (unpaired) electrons. The lowest BCUT2D eigenvalue weighted by molar-refractivity contribution is -0.115. The zero-order valence-electron chi connectivity index (χ0n) is 7.40. The third-order valence-corrected chi connectivity index (χ3v) is 2.18. The van der Waals surface area contributed by atoms with Gasteiger partial charge in [-0.2, -0.15) is 0 Å². The predicted molar refractivity (Wildman–Crippen MR) is 46.4 cm³/mol. The summed E-state index contributed by atoms with van der Waals surface area (Å²) < 4.78 is 0. The largest absolute Gasteiger partial charge is 0.294 e. The van der Waals surface area contributed by atoms with Crippen LogP contribution in [0, 0.1) is 0 Å². The number of rotatable bonds is 0. The fourth-order valence-electron chi connectivity index (χ4n) is 1.18. The summed E-state index contributed by atoms with van der Waals surface area (Å²) in [5.74, 6) is 0.285. The highest BCUT2D eigenvalue weighted by Crippen LogP contribution is 2.22. The number of Topliss-reactive ketones (excluding diaryl/α,β-unsaturated/α-hetero) is 1. The maximum absolute atomic E-state index is 11.2. The van der Waals surface area contributed by atoms with Crippen molar-refractivity contribution in [1.29, 1.82) is 0 Å². The molecular weight excluding hydrogens is 136 g/mol. The fourth-order valence-corrected chi connectivity index (χ4v) is 1.18. The van der Waals surface area contributed by atoms with E-state index in [-0.39, 0.29) is 5.78 Å². The van der Waals surface area contributed by atoms with Gasteiger partial charge in [-0.05, 0) is 32.8 Å². The first-order valence-corrected chi connectivity index (χ1v) is 3.96. The standard InChI is InChI=1S/C10H14O/c1-7(2)9-5-4-8(3)10(11)6-9/h4H,5-6H2,1-3H3. The van der Waals surface area contributed by atoms with Crippen LogP contribution >= 0.6 is 0 Å². The molecule has 0 amide bonds. The van der Waals surface area contributed by atoms with E-state index in [1.807, 2.05) is 13.0 Å². The quantitative estimate of drug-likeness (QED) is 0.485. The van der Waals surface area contributed by atoms with Crippen molar-refractivity contribution in [2.75, 3.05) is 0 Å². The van der Waals surface area contributed by atoms with Crippen molar-refractivity contribution in [3.63, 3.8) is 0 Å². The molecule has 0 atom stereocenters. The summed E-state index contributed by atoms with van der Waals surface area (Å²) in [7, 11) is 0. The van der Waals surface area contributed by atoms with E-state index in [1.54, 1.807) is 0 Å². The average molecular weight is 150 g/mol. The van der Waals surface area contributed by atoms with Crippen molar-refractivity contribution < 1.29 is 4.79 Å². The third-order valence-electron chi connectivity index (χ3n) is 2.18.